The minimum absolute atomic E-state index is 0.132. The van der Waals surface area contributed by atoms with Gasteiger partial charge in [0, 0.05) is 10.8 Å². The van der Waals surface area contributed by atoms with Gasteiger partial charge in [0.25, 0.3) is 0 Å². The Morgan fingerprint density at radius 2 is 2.18 bits per heavy atom. The number of aromatic nitrogens is 3. The number of nitro groups is 1. The van der Waals surface area contributed by atoms with E-state index in [1.807, 2.05) is 39.0 Å². The van der Waals surface area contributed by atoms with Gasteiger partial charge in [-0.25, -0.2) is 0 Å². The van der Waals surface area contributed by atoms with Crippen molar-refractivity contribution >= 4 is 17.5 Å². The molecule has 22 heavy (non-hydrogen) atoms. The van der Waals surface area contributed by atoms with E-state index in [1.54, 1.807) is 0 Å². The first-order valence-electron chi connectivity index (χ1n) is 6.81. The average Bonchev–Trinajstić information content (AvgIpc) is 2.89. The molecule has 1 aromatic carbocycles. The Balaban J connectivity index is 2.13. The summed E-state index contributed by atoms with van der Waals surface area (Å²) in [6.45, 7) is 5.88. The van der Waals surface area contributed by atoms with Crippen LogP contribution in [-0.4, -0.2) is 25.6 Å². The molecule has 0 atom stereocenters. The Hall–Kier alpha value is -2.77. The molecule has 8 nitrogen and oxygen atoms in total. The van der Waals surface area contributed by atoms with Gasteiger partial charge in [0.15, 0.2) is 0 Å². The molecule has 0 aliphatic heterocycles. The van der Waals surface area contributed by atoms with E-state index in [1.165, 1.54) is 6.33 Å². The number of anilines is 1. The monoisotopic (exact) mass is 303 g/mol. The number of nitrogens with zero attached hydrogens (tertiary/aromatic N) is 4. The van der Waals surface area contributed by atoms with E-state index in [9.17, 15) is 14.9 Å². The van der Waals surface area contributed by atoms with E-state index in [4.69, 9.17) is 0 Å². The van der Waals surface area contributed by atoms with Gasteiger partial charge in [-0.1, -0.05) is 37.0 Å². The number of nitrogens with one attached hydrogen (secondary N) is 1. The summed E-state index contributed by atoms with van der Waals surface area (Å²) in [7, 11) is 0. The van der Waals surface area contributed by atoms with Crippen molar-refractivity contribution < 1.29 is 9.72 Å². The third-order valence-electron chi connectivity index (χ3n) is 3.18. The second kappa shape index (κ2) is 6.33. The summed E-state index contributed by atoms with van der Waals surface area (Å²) in [5.74, 6) is -0.565. The SMILES string of the molecule is Cc1cccc(C(C)C)c1NC(=O)Cn1cnc([N+](=O)[O-])n1. The number of rotatable bonds is 5. The van der Waals surface area contributed by atoms with Crippen molar-refractivity contribution in [2.45, 2.75) is 33.2 Å². The fourth-order valence-electron chi connectivity index (χ4n) is 2.11. The maximum Gasteiger partial charge on any atom is 0.490 e. The molecule has 0 aliphatic carbocycles. The molecule has 1 heterocycles. The molecule has 0 radical (unpaired) electrons. The average molecular weight is 303 g/mol. The second-order valence-electron chi connectivity index (χ2n) is 5.24. The first-order valence-corrected chi connectivity index (χ1v) is 6.81. The van der Waals surface area contributed by atoms with Crippen LogP contribution in [0.3, 0.4) is 0 Å². The molecule has 0 unspecified atom stereocenters. The van der Waals surface area contributed by atoms with Crippen LogP contribution in [0.1, 0.15) is 30.9 Å². The minimum atomic E-state index is -0.702. The topological polar surface area (TPSA) is 103 Å². The van der Waals surface area contributed by atoms with Gasteiger partial charge in [-0.3, -0.25) is 4.79 Å². The fourth-order valence-corrected chi connectivity index (χ4v) is 2.11. The third kappa shape index (κ3) is 3.46. The van der Waals surface area contributed by atoms with E-state index in [2.05, 4.69) is 15.4 Å². The van der Waals surface area contributed by atoms with Crippen LogP contribution in [0.25, 0.3) is 0 Å². The Morgan fingerprint density at radius 1 is 1.45 bits per heavy atom. The van der Waals surface area contributed by atoms with Crippen LogP contribution < -0.4 is 5.32 Å². The summed E-state index contributed by atoms with van der Waals surface area (Å²) in [5.41, 5.74) is 2.78. The number of hydrogen-bond donors (Lipinski definition) is 1. The van der Waals surface area contributed by atoms with E-state index in [0.717, 1.165) is 21.5 Å². The van der Waals surface area contributed by atoms with Gasteiger partial charge in [0.2, 0.25) is 12.2 Å². The zero-order valence-electron chi connectivity index (χ0n) is 12.6. The van der Waals surface area contributed by atoms with Gasteiger partial charge in [-0.2, -0.15) is 4.68 Å². The molecule has 1 aromatic heterocycles. The van der Waals surface area contributed by atoms with Crippen molar-refractivity contribution in [3.05, 3.63) is 45.8 Å². The van der Waals surface area contributed by atoms with E-state index >= 15 is 0 Å². The van der Waals surface area contributed by atoms with Crippen LogP contribution in [-0.2, 0) is 11.3 Å². The number of para-hydroxylation sites is 1. The van der Waals surface area contributed by atoms with Crippen LogP contribution in [0.5, 0.6) is 0 Å². The first-order chi connectivity index (χ1) is 10.4. The van der Waals surface area contributed by atoms with Crippen molar-refractivity contribution in [3.63, 3.8) is 0 Å². The zero-order valence-corrected chi connectivity index (χ0v) is 12.6. The minimum Gasteiger partial charge on any atom is -0.390 e. The summed E-state index contributed by atoms with van der Waals surface area (Å²) in [4.78, 5) is 25.5. The highest BCUT2D eigenvalue weighted by Gasteiger charge is 2.17. The van der Waals surface area contributed by atoms with Crippen LogP contribution in [0.15, 0.2) is 24.5 Å². The molecule has 1 amide bonds. The predicted molar refractivity (Wildman–Crippen MR) is 80.6 cm³/mol. The molecule has 8 heteroatoms. The van der Waals surface area contributed by atoms with Crippen molar-refractivity contribution in [2.75, 3.05) is 5.32 Å². The van der Waals surface area contributed by atoms with Gasteiger partial charge < -0.3 is 15.4 Å². The second-order valence-corrected chi connectivity index (χ2v) is 5.24. The van der Waals surface area contributed by atoms with Crippen LogP contribution in [0, 0.1) is 17.0 Å². The Kier molecular flexibility index (Phi) is 4.50. The molecular weight excluding hydrogens is 286 g/mol. The zero-order chi connectivity index (χ0) is 16.3. The van der Waals surface area contributed by atoms with E-state index in [-0.39, 0.29) is 18.4 Å². The number of amides is 1. The highest BCUT2D eigenvalue weighted by Crippen LogP contribution is 2.27. The van der Waals surface area contributed by atoms with Crippen LogP contribution in [0.2, 0.25) is 0 Å². The first kappa shape index (κ1) is 15.6. The lowest BCUT2D eigenvalue weighted by Crippen LogP contribution is -2.20. The highest BCUT2D eigenvalue weighted by atomic mass is 16.6. The third-order valence-corrected chi connectivity index (χ3v) is 3.18. The number of aryl methyl sites for hydroxylation is 1. The van der Waals surface area contributed by atoms with Gasteiger partial charge in [-0.15, -0.1) is 0 Å². The summed E-state index contributed by atoms with van der Waals surface area (Å²) >= 11 is 0. The van der Waals surface area contributed by atoms with E-state index < -0.39 is 10.9 Å². The van der Waals surface area contributed by atoms with Crippen LogP contribution in [0.4, 0.5) is 11.6 Å². The van der Waals surface area contributed by atoms with Crippen molar-refractivity contribution in [1.82, 2.24) is 14.8 Å². The predicted octanol–water partition coefficient (Wildman–Crippen LogP) is 2.26. The fraction of sp³-hybridized carbons (Fsp3) is 0.357. The normalized spacial score (nSPS) is 10.7. The molecule has 0 fully saturated rings. The Labute approximate surface area is 127 Å². The van der Waals surface area contributed by atoms with Crippen LogP contribution >= 0.6 is 0 Å². The lowest BCUT2D eigenvalue weighted by Gasteiger charge is -2.16. The molecule has 0 bridgehead atoms. The maximum absolute atomic E-state index is 12.1. The number of carbonyl (C=O) groups is 1. The van der Waals surface area contributed by atoms with Crippen molar-refractivity contribution in [2.24, 2.45) is 0 Å². The van der Waals surface area contributed by atoms with Gasteiger partial charge in [0.1, 0.15) is 6.54 Å². The van der Waals surface area contributed by atoms with Gasteiger partial charge in [0.05, 0.1) is 0 Å². The molecule has 116 valence electrons. The summed E-state index contributed by atoms with van der Waals surface area (Å²) in [6, 6.07) is 5.83. The molecule has 0 aliphatic rings. The molecular formula is C14H17N5O3. The van der Waals surface area contributed by atoms with Gasteiger partial charge in [-0.05, 0) is 28.9 Å². The maximum atomic E-state index is 12.1. The number of carbonyl (C=O) groups excluding carboxylic acids is 1. The molecule has 1 N–H and O–H groups in total. The van der Waals surface area contributed by atoms with Gasteiger partial charge >= 0.3 is 5.95 Å². The Morgan fingerprint density at radius 3 is 2.77 bits per heavy atom. The molecule has 2 rings (SSSR count). The lowest BCUT2D eigenvalue weighted by molar-refractivity contribution is -0.394. The largest absolute Gasteiger partial charge is 0.490 e. The molecule has 0 saturated carbocycles. The molecule has 0 saturated heterocycles. The standard InChI is InChI=1S/C14H17N5O3/c1-9(2)11-6-4-5-10(3)13(11)16-12(20)7-18-8-15-14(17-18)19(21)22/h4-6,8-9H,7H2,1-3H3,(H,16,20). The van der Waals surface area contributed by atoms with E-state index in [0.29, 0.717) is 0 Å². The molecule has 0 spiro atoms. The molecule has 2 aromatic rings. The van der Waals surface area contributed by atoms with Crippen molar-refractivity contribution in [1.29, 1.82) is 0 Å². The Bertz CT molecular complexity index is 708. The summed E-state index contributed by atoms with van der Waals surface area (Å²) in [6.07, 6.45) is 1.17. The summed E-state index contributed by atoms with van der Waals surface area (Å²) < 4.78 is 1.14. The number of hydrogen-bond acceptors (Lipinski definition) is 5. The highest BCUT2D eigenvalue weighted by molar-refractivity contribution is 5.92. The summed E-state index contributed by atoms with van der Waals surface area (Å²) in [5, 5.41) is 17.0. The lowest BCUT2D eigenvalue weighted by atomic mass is 9.98. The quantitative estimate of drug-likeness (QED) is 0.674. The number of benzene rings is 1. The van der Waals surface area contributed by atoms with Crippen molar-refractivity contribution in [3.8, 4) is 0 Å². The smallest absolute Gasteiger partial charge is 0.390 e.